The fourth-order valence-electron chi connectivity index (χ4n) is 5.06. The summed E-state index contributed by atoms with van der Waals surface area (Å²) in [4.78, 5) is 42.0. The van der Waals surface area contributed by atoms with Crippen molar-refractivity contribution in [3.63, 3.8) is 0 Å². The average molecular weight is 603 g/mol. The first kappa shape index (κ1) is 29.4. The topological polar surface area (TPSA) is 147 Å². The Morgan fingerprint density at radius 2 is 1.81 bits per heavy atom. The first-order valence-corrected chi connectivity index (χ1v) is 13.6. The van der Waals surface area contributed by atoms with Crippen molar-refractivity contribution < 1.29 is 33.0 Å². The number of benzene rings is 2. The van der Waals surface area contributed by atoms with Gasteiger partial charge in [-0.2, -0.15) is 4.39 Å². The van der Waals surface area contributed by atoms with Gasteiger partial charge in [-0.1, -0.05) is 11.6 Å². The molecule has 2 aromatic carbocycles. The molecule has 2 heterocycles. The second-order valence-corrected chi connectivity index (χ2v) is 10.7. The van der Waals surface area contributed by atoms with Crippen LogP contribution in [0.3, 0.4) is 0 Å². The fraction of sp³-hybridized carbons (Fsp3) is 0.357. The number of rotatable bonds is 8. The molecule has 3 aromatic rings. The molecular weight excluding hydrogens is 574 g/mol. The van der Waals surface area contributed by atoms with Crippen molar-refractivity contribution in [2.45, 2.75) is 43.5 Å². The third-order valence-corrected chi connectivity index (χ3v) is 7.76. The van der Waals surface area contributed by atoms with Crippen molar-refractivity contribution >= 4 is 35.0 Å². The lowest BCUT2D eigenvalue weighted by atomic mass is 9.86. The number of imidazole rings is 1. The Balaban J connectivity index is 1.16. The normalized spacial score (nSPS) is 21.4. The number of halogens is 3. The zero-order valence-electron chi connectivity index (χ0n) is 22.7. The SMILES string of the molecule is COc1ccc(-c2cnc(C(=O)Nc3ccc(C(=O)NC4CC(NC(=O)C5C[C@@H](O)CN5)C4)c(Cl)c3)n2C)c(F)c1F. The number of aliphatic hydroxyl groups is 1. The third kappa shape index (κ3) is 5.94. The van der Waals surface area contributed by atoms with Gasteiger partial charge in [-0.05, 0) is 49.6 Å². The highest BCUT2D eigenvalue weighted by Gasteiger charge is 2.35. The molecule has 1 saturated carbocycles. The first-order chi connectivity index (χ1) is 20.0. The van der Waals surface area contributed by atoms with Gasteiger partial charge in [0.1, 0.15) is 0 Å². The number of anilines is 1. The van der Waals surface area contributed by atoms with E-state index in [0.717, 1.165) is 0 Å². The van der Waals surface area contributed by atoms with Gasteiger partial charge in [0, 0.05) is 36.9 Å². The number of nitrogens with zero attached hydrogens (tertiary/aromatic N) is 2. The lowest BCUT2D eigenvalue weighted by Gasteiger charge is -2.36. The van der Waals surface area contributed by atoms with E-state index in [1.165, 1.54) is 55.3 Å². The van der Waals surface area contributed by atoms with Gasteiger partial charge < -0.3 is 35.7 Å². The summed E-state index contributed by atoms with van der Waals surface area (Å²) in [5.41, 5.74) is 0.593. The minimum atomic E-state index is -1.15. The highest BCUT2D eigenvalue weighted by atomic mass is 35.5. The summed E-state index contributed by atoms with van der Waals surface area (Å²) in [6.45, 7) is 0.392. The van der Waals surface area contributed by atoms with Crippen LogP contribution < -0.4 is 26.0 Å². The number of carbonyl (C=O) groups is 3. The maximum atomic E-state index is 14.6. The van der Waals surface area contributed by atoms with Gasteiger partial charge in [-0.25, -0.2) is 9.37 Å². The molecule has 1 aliphatic heterocycles. The largest absolute Gasteiger partial charge is 0.494 e. The van der Waals surface area contributed by atoms with Gasteiger partial charge in [0.25, 0.3) is 11.8 Å². The Bertz CT molecular complexity index is 1540. The van der Waals surface area contributed by atoms with E-state index in [4.69, 9.17) is 16.3 Å². The van der Waals surface area contributed by atoms with Crippen LogP contribution in [0, 0.1) is 11.6 Å². The van der Waals surface area contributed by atoms with Crippen molar-refractivity contribution in [3.05, 3.63) is 64.6 Å². The van der Waals surface area contributed by atoms with Gasteiger partial charge in [0.05, 0.1) is 41.7 Å². The van der Waals surface area contributed by atoms with Crippen LogP contribution in [0.1, 0.15) is 40.2 Å². The number of nitrogens with one attached hydrogen (secondary N) is 4. The molecule has 2 aliphatic rings. The zero-order valence-corrected chi connectivity index (χ0v) is 23.5. The number of aliphatic hydroxyl groups excluding tert-OH is 1. The zero-order chi connectivity index (χ0) is 30.1. The number of hydrogen-bond acceptors (Lipinski definition) is 7. The third-order valence-electron chi connectivity index (χ3n) is 7.45. The molecule has 1 unspecified atom stereocenters. The van der Waals surface area contributed by atoms with Crippen molar-refractivity contribution in [2.24, 2.45) is 7.05 Å². The molecule has 5 N–H and O–H groups in total. The number of aromatic nitrogens is 2. The van der Waals surface area contributed by atoms with Gasteiger partial charge in [-0.15, -0.1) is 0 Å². The molecule has 3 amide bonds. The summed E-state index contributed by atoms with van der Waals surface area (Å²) in [6.07, 6.45) is 2.24. The number of carbonyl (C=O) groups excluding carboxylic acids is 3. The highest BCUT2D eigenvalue weighted by molar-refractivity contribution is 6.34. The van der Waals surface area contributed by atoms with E-state index < -0.39 is 35.6 Å². The lowest BCUT2D eigenvalue weighted by molar-refractivity contribution is -0.124. The van der Waals surface area contributed by atoms with E-state index in [-0.39, 0.29) is 51.4 Å². The van der Waals surface area contributed by atoms with Gasteiger partial charge >= 0.3 is 0 Å². The molecule has 14 heteroatoms. The van der Waals surface area contributed by atoms with E-state index in [1.807, 2.05) is 0 Å². The molecule has 1 aromatic heterocycles. The van der Waals surface area contributed by atoms with E-state index in [2.05, 4.69) is 26.3 Å². The molecule has 222 valence electrons. The molecule has 1 saturated heterocycles. The molecule has 42 heavy (non-hydrogen) atoms. The summed E-state index contributed by atoms with van der Waals surface area (Å²) in [7, 11) is 2.72. The Morgan fingerprint density at radius 1 is 1.07 bits per heavy atom. The summed E-state index contributed by atoms with van der Waals surface area (Å²) in [5.74, 6) is -3.77. The van der Waals surface area contributed by atoms with Crippen LogP contribution in [-0.4, -0.2) is 70.3 Å². The van der Waals surface area contributed by atoms with Crippen molar-refractivity contribution in [1.82, 2.24) is 25.5 Å². The van der Waals surface area contributed by atoms with E-state index in [9.17, 15) is 28.3 Å². The molecule has 2 atom stereocenters. The molecular formula is C28H29ClF2N6O5. The minimum absolute atomic E-state index is 0.0647. The van der Waals surface area contributed by atoms with Crippen molar-refractivity contribution in [3.8, 4) is 17.0 Å². The number of ether oxygens (including phenoxy) is 1. The smallest absolute Gasteiger partial charge is 0.291 e. The quantitative estimate of drug-likeness (QED) is 0.266. The molecule has 11 nitrogen and oxygen atoms in total. The van der Waals surface area contributed by atoms with Crippen LogP contribution in [0.25, 0.3) is 11.3 Å². The summed E-state index contributed by atoms with van der Waals surface area (Å²) in [5, 5.41) is 21.1. The van der Waals surface area contributed by atoms with Gasteiger partial charge in [0.2, 0.25) is 11.7 Å². The van der Waals surface area contributed by atoms with Crippen LogP contribution in [0.4, 0.5) is 14.5 Å². The van der Waals surface area contributed by atoms with Crippen LogP contribution >= 0.6 is 11.6 Å². The summed E-state index contributed by atoms with van der Waals surface area (Å²) in [6, 6.07) is 6.40. The monoisotopic (exact) mass is 602 g/mol. The van der Waals surface area contributed by atoms with E-state index >= 15 is 0 Å². The molecule has 1 aliphatic carbocycles. The van der Waals surface area contributed by atoms with Gasteiger partial charge in [-0.3, -0.25) is 14.4 Å². The van der Waals surface area contributed by atoms with Crippen molar-refractivity contribution in [1.29, 1.82) is 0 Å². The molecule has 2 fully saturated rings. The predicted molar refractivity (Wildman–Crippen MR) is 149 cm³/mol. The maximum Gasteiger partial charge on any atom is 0.291 e. The molecule has 5 rings (SSSR count). The predicted octanol–water partition coefficient (Wildman–Crippen LogP) is 2.38. The Hall–Kier alpha value is -4.07. The average Bonchev–Trinajstić information content (AvgIpc) is 3.54. The number of methoxy groups -OCH3 is 1. The maximum absolute atomic E-state index is 14.6. The second kappa shape index (κ2) is 12.0. The van der Waals surface area contributed by atoms with Gasteiger partial charge in [0.15, 0.2) is 17.4 Å². The second-order valence-electron chi connectivity index (χ2n) is 10.3. The Labute approximate surface area is 244 Å². The molecule has 0 spiro atoms. The Kier molecular flexibility index (Phi) is 8.43. The summed E-state index contributed by atoms with van der Waals surface area (Å²) >= 11 is 6.35. The van der Waals surface area contributed by atoms with E-state index in [1.54, 1.807) is 0 Å². The Morgan fingerprint density at radius 3 is 2.48 bits per heavy atom. The number of hydrogen-bond donors (Lipinski definition) is 5. The highest BCUT2D eigenvalue weighted by Crippen LogP contribution is 2.30. The summed E-state index contributed by atoms with van der Waals surface area (Å²) < 4.78 is 34.9. The van der Waals surface area contributed by atoms with Crippen LogP contribution in [0.15, 0.2) is 36.5 Å². The van der Waals surface area contributed by atoms with Crippen LogP contribution in [-0.2, 0) is 11.8 Å². The number of amides is 3. The lowest BCUT2D eigenvalue weighted by Crippen LogP contribution is -2.56. The molecule has 0 radical (unpaired) electrons. The van der Waals surface area contributed by atoms with Crippen molar-refractivity contribution in [2.75, 3.05) is 19.0 Å². The van der Waals surface area contributed by atoms with E-state index in [0.29, 0.717) is 31.5 Å². The fourth-order valence-corrected chi connectivity index (χ4v) is 5.32. The van der Waals surface area contributed by atoms with Crippen LogP contribution in [0.5, 0.6) is 5.75 Å². The minimum Gasteiger partial charge on any atom is -0.494 e. The standard InChI is InChI=1S/C28H29ClF2N6O5/c1-37-21(18-5-6-22(42-2)24(31)23(18)30)12-33-25(37)28(41)34-13-3-4-17(19(29)9-13)26(39)35-14-7-15(8-14)36-27(40)20-10-16(38)11-32-20/h3-6,9,12,14-16,20,32,38H,7-8,10-11H2,1-2H3,(H,34,41)(H,35,39)(H,36,40)/t14?,15?,16-,20?/m1/s1. The molecule has 0 bridgehead atoms. The number of β-amino-alcohol motifs (C(OH)–C–C–N with tert-alkyl or cyclic N) is 1. The van der Waals surface area contributed by atoms with Crippen LogP contribution in [0.2, 0.25) is 5.02 Å². The first-order valence-electron chi connectivity index (χ1n) is 13.2.